The van der Waals surface area contributed by atoms with Gasteiger partial charge in [-0.15, -0.1) is 0 Å². The summed E-state index contributed by atoms with van der Waals surface area (Å²) in [5.74, 6) is -3.50. The van der Waals surface area contributed by atoms with Gasteiger partial charge in [0, 0.05) is 117 Å². The molecule has 15 nitrogen and oxygen atoms in total. The van der Waals surface area contributed by atoms with E-state index in [-0.39, 0.29) is 30.4 Å². The number of hydrogen-bond acceptors (Lipinski definition) is 11. The van der Waals surface area contributed by atoms with Crippen LogP contribution >= 0.6 is 0 Å². The Hall–Kier alpha value is -5.80. The van der Waals surface area contributed by atoms with E-state index in [0.717, 1.165) is 82.6 Å². The van der Waals surface area contributed by atoms with Crippen molar-refractivity contribution in [2.75, 3.05) is 69.1 Å². The molecule has 8 heterocycles. The number of piperidine rings is 2. The summed E-state index contributed by atoms with van der Waals surface area (Å²) in [6.07, 6.45) is 5.58. The van der Waals surface area contributed by atoms with Gasteiger partial charge in [-0.1, -0.05) is 0 Å². The number of likely N-dealkylation sites (tertiary alicyclic amines) is 3. The molecule has 5 fully saturated rings. The molecule has 17 heteroatoms. The predicted octanol–water partition coefficient (Wildman–Crippen LogP) is 3.98. The molecule has 0 spiro atoms. The lowest BCUT2D eigenvalue weighted by atomic mass is 9.89. The number of nitrogens with zero attached hydrogens (tertiary/aromatic N) is 9. The van der Waals surface area contributed by atoms with Crippen LogP contribution in [0.5, 0.6) is 0 Å². The molecule has 62 heavy (non-hydrogen) atoms. The summed E-state index contributed by atoms with van der Waals surface area (Å²) in [4.78, 5) is 46.9. The lowest BCUT2D eigenvalue weighted by Gasteiger charge is -2.56. The minimum atomic E-state index is -1.25. The molecular formula is C45H49F2N11O4. The largest absolute Gasteiger partial charge is 0.386 e. The van der Waals surface area contributed by atoms with E-state index in [1.807, 2.05) is 27.9 Å². The van der Waals surface area contributed by atoms with Gasteiger partial charge in [0.1, 0.15) is 23.4 Å². The number of benzene rings is 2. The van der Waals surface area contributed by atoms with Crippen LogP contribution < -0.4 is 15.5 Å². The topological polar surface area (TPSA) is 167 Å². The second-order valence-electron chi connectivity index (χ2n) is 18.3. The third-order valence-corrected chi connectivity index (χ3v) is 13.7. The van der Waals surface area contributed by atoms with Crippen LogP contribution in [0.15, 0.2) is 54.9 Å². The van der Waals surface area contributed by atoms with Crippen molar-refractivity contribution in [1.29, 1.82) is 5.26 Å². The number of nitriles is 1. The molecule has 0 aliphatic carbocycles. The number of hydrogen-bond donors (Lipinski definition) is 3. The minimum absolute atomic E-state index is 0.0651. The first kappa shape index (κ1) is 40.3. The summed E-state index contributed by atoms with van der Waals surface area (Å²) in [5.41, 5.74) is 2.14. The number of carbonyl (C=O) groups excluding carboxylic acids is 3. The maximum absolute atomic E-state index is 15.1. The highest BCUT2D eigenvalue weighted by Gasteiger charge is 2.43. The lowest BCUT2D eigenvalue weighted by molar-refractivity contribution is -0.134. The molecule has 5 aliphatic rings. The van der Waals surface area contributed by atoms with Gasteiger partial charge in [0.2, 0.25) is 11.8 Å². The summed E-state index contributed by atoms with van der Waals surface area (Å²) in [6, 6.07) is 14.8. The van der Waals surface area contributed by atoms with Gasteiger partial charge in [-0.3, -0.25) is 39.1 Å². The SMILES string of the molecule is CC(C)(O)c1cc2nn(C3CCN(C4CN(C5CN(CC6CN(c7cc(F)c([C@H]8CCC(=O)NC8=O)c(F)c7)C6)C5)C4)CC3)cc2cc1NC(=O)c1ccc2cc(C#N)cnn12. The predicted molar refractivity (Wildman–Crippen MR) is 225 cm³/mol. The van der Waals surface area contributed by atoms with E-state index in [2.05, 4.69) is 36.5 Å². The number of rotatable bonds is 10. The Bertz CT molecular complexity index is 2620. The summed E-state index contributed by atoms with van der Waals surface area (Å²) >= 11 is 0. The highest BCUT2D eigenvalue weighted by molar-refractivity contribution is 6.05. The third-order valence-electron chi connectivity index (χ3n) is 13.7. The number of aliphatic hydroxyl groups is 1. The number of halogens is 2. The molecule has 0 bridgehead atoms. The zero-order chi connectivity index (χ0) is 43.0. The fraction of sp³-hybridized carbons (Fsp3) is 0.467. The molecule has 3 N–H and O–H groups in total. The number of carbonyl (C=O) groups is 3. The molecule has 322 valence electrons. The molecule has 3 aromatic heterocycles. The zero-order valence-electron chi connectivity index (χ0n) is 34.7. The Morgan fingerprint density at radius 2 is 1.68 bits per heavy atom. The third kappa shape index (κ3) is 7.48. The number of aromatic nitrogens is 4. The molecule has 10 rings (SSSR count). The van der Waals surface area contributed by atoms with Crippen LogP contribution in [0.2, 0.25) is 0 Å². The average molecular weight is 846 g/mol. The molecule has 2 aromatic carbocycles. The maximum Gasteiger partial charge on any atom is 0.274 e. The highest BCUT2D eigenvalue weighted by atomic mass is 19.1. The number of imide groups is 1. The summed E-state index contributed by atoms with van der Waals surface area (Å²) in [7, 11) is 0. The fourth-order valence-electron chi connectivity index (χ4n) is 10.1. The first-order valence-corrected chi connectivity index (χ1v) is 21.5. The Morgan fingerprint density at radius 3 is 2.37 bits per heavy atom. The van der Waals surface area contributed by atoms with Crippen LogP contribution in [-0.4, -0.2) is 128 Å². The van der Waals surface area contributed by atoms with Crippen LogP contribution in [0.3, 0.4) is 0 Å². The van der Waals surface area contributed by atoms with E-state index < -0.39 is 35.0 Å². The van der Waals surface area contributed by atoms with Crippen LogP contribution in [-0.2, 0) is 15.2 Å². The van der Waals surface area contributed by atoms with Gasteiger partial charge in [-0.25, -0.2) is 13.3 Å². The number of fused-ring (bicyclic) bond motifs is 2. The van der Waals surface area contributed by atoms with Crippen molar-refractivity contribution in [3.63, 3.8) is 0 Å². The normalized spacial score (nSPS) is 21.5. The van der Waals surface area contributed by atoms with Crippen molar-refractivity contribution in [3.8, 4) is 6.07 Å². The van der Waals surface area contributed by atoms with E-state index in [9.17, 15) is 24.8 Å². The summed E-state index contributed by atoms with van der Waals surface area (Å²) in [6.45, 7) is 12.0. The van der Waals surface area contributed by atoms with Crippen LogP contribution in [0.1, 0.15) is 78.7 Å². The maximum atomic E-state index is 15.1. The molecular weight excluding hydrogens is 797 g/mol. The van der Waals surface area contributed by atoms with Crippen molar-refractivity contribution < 1.29 is 28.3 Å². The van der Waals surface area contributed by atoms with Crippen molar-refractivity contribution in [2.45, 2.75) is 69.2 Å². The molecule has 5 aliphatic heterocycles. The highest BCUT2D eigenvalue weighted by Crippen LogP contribution is 2.37. The first-order chi connectivity index (χ1) is 29.8. The number of nitrogens with one attached hydrogen (secondary N) is 2. The van der Waals surface area contributed by atoms with Gasteiger partial charge in [0.05, 0.1) is 40.4 Å². The second kappa shape index (κ2) is 15.5. The lowest BCUT2D eigenvalue weighted by Crippen LogP contribution is -2.70. The van der Waals surface area contributed by atoms with Crippen molar-refractivity contribution >= 4 is 45.5 Å². The number of amides is 3. The van der Waals surface area contributed by atoms with E-state index in [1.54, 1.807) is 32.0 Å². The van der Waals surface area contributed by atoms with Crippen LogP contribution in [0.25, 0.3) is 16.4 Å². The van der Waals surface area contributed by atoms with Crippen molar-refractivity contribution in [2.24, 2.45) is 5.92 Å². The van der Waals surface area contributed by atoms with Gasteiger partial charge in [-0.05, 0) is 75.6 Å². The monoisotopic (exact) mass is 845 g/mol. The van der Waals surface area contributed by atoms with Crippen LogP contribution in [0.4, 0.5) is 20.2 Å². The molecule has 5 saturated heterocycles. The zero-order valence-corrected chi connectivity index (χ0v) is 34.7. The Balaban J connectivity index is 0.682. The Morgan fingerprint density at radius 1 is 0.952 bits per heavy atom. The molecule has 0 unspecified atom stereocenters. The number of anilines is 2. The fourth-order valence-corrected chi connectivity index (χ4v) is 10.1. The molecule has 5 aromatic rings. The Kier molecular flexibility index (Phi) is 10.1. The summed E-state index contributed by atoms with van der Waals surface area (Å²) < 4.78 is 33.7. The van der Waals surface area contributed by atoms with Gasteiger partial charge in [0.15, 0.2) is 0 Å². The molecule has 0 radical (unpaired) electrons. The molecule has 3 amide bonds. The van der Waals surface area contributed by atoms with Gasteiger partial charge in [-0.2, -0.15) is 15.5 Å². The standard InChI is InChI=1S/C45H49F2N11O4/c1-45(2,62)35-15-38-28(12-39(35)50-44(61)40-5-3-30-11-26(16-48)17-49-58(30)40)21-57(52-38)29-7-9-54(10-8-29)33-24-56(25-33)32-22-53(23-32)18-27-19-55(20-27)31-13-36(46)42(37(47)14-31)34-4-6-41(59)51-43(34)60/h3,5,11-15,17,21,27,29,32-34,62H,4,6-10,18-20,22-25H2,1-2H3,(H,50,61)(H,51,59,60)/t34-/m1/s1. The van der Waals surface area contributed by atoms with E-state index in [4.69, 9.17) is 5.10 Å². The Labute approximate surface area is 356 Å². The van der Waals surface area contributed by atoms with Gasteiger partial charge >= 0.3 is 0 Å². The van der Waals surface area contributed by atoms with Crippen LogP contribution in [0, 0.1) is 28.9 Å². The van der Waals surface area contributed by atoms with Gasteiger partial charge < -0.3 is 15.3 Å². The van der Waals surface area contributed by atoms with E-state index >= 15 is 8.78 Å². The van der Waals surface area contributed by atoms with Crippen molar-refractivity contribution in [3.05, 3.63) is 88.9 Å². The second-order valence-corrected chi connectivity index (χ2v) is 18.3. The quantitative estimate of drug-likeness (QED) is 0.174. The molecule has 0 saturated carbocycles. The summed E-state index contributed by atoms with van der Waals surface area (Å²) in [5, 5.41) is 35.6. The van der Waals surface area contributed by atoms with Gasteiger partial charge in [0.25, 0.3) is 5.91 Å². The molecule has 1 atom stereocenters. The smallest absolute Gasteiger partial charge is 0.274 e. The first-order valence-electron chi connectivity index (χ1n) is 21.5. The minimum Gasteiger partial charge on any atom is -0.386 e. The van der Waals surface area contributed by atoms with Crippen molar-refractivity contribution in [1.82, 2.24) is 39.4 Å². The van der Waals surface area contributed by atoms with E-state index in [0.29, 0.717) is 51.7 Å². The van der Waals surface area contributed by atoms with E-state index in [1.165, 1.54) is 22.8 Å². The average Bonchev–Trinajstić information content (AvgIpc) is 3.81.